The van der Waals surface area contributed by atoms with Crippen LogP contribution in [0.2, 0.25) is 0 Å². The first-order valence-corrected chi connectivity index (χ1v) is 4.99. The van der Waals surface area contributed by atoms with Crippen LogP contribution in [0, 0.1) is 0 Å². The average Bonchev–Trinajstić information content (AvgIpc) is 2.59. The van der Waals surface area contributed by atoms with Gasteiger partial charge < -0.3 is 4.57 Å². The Morgan fingerprint density at radius 3 is 2.67 bits per heavy atom. The van der Waals surface area contributed by atoms with Crippen LogP contribution in [0.3, 0.4) is 0 Å². The van der Waals surface area contributed by atoms with Crippen LogP contribution in [0.5, 0.6) is 0 Å². The number of nitrogens with zero attached hydrogens (tertiary/aromatic N) is 3. The molecule has 2 heterocycles. The lowest BCUT2D eigenvalue weighted by molar-refractivity contribution is 0.408. The van der Waals surface area contributed by atoms with Crippen molar-refractivity contribution in [3.8, 4) is 0 Å². The molecule has 15 heavy (non-hydrogen) atoms. The topological polar surface area (TPSA) is 30.7 Å². The molecule has 2 rings (SSSR count). The molecule has 2 aromatic rings. The van der Waals surface area contributed by atoms with Crippen LogP contribution in [0.4, 0.5) is 0 Å². The molecule has 0 atom stereocenters. The van der Waals surface area contributed by atoms with E-state index in [2.05, 4.69) is 41.9 Å². The molecule has 0 saturated heterocycles. The summed E-state index contributed by atoms with van der Waals surface area (Å²) < 4.78 is 2.15. The molecule has 0 radical (unpaired) electrons. The van der Waals surface area contributed by atoms with Gasteiger partial charge in [-0.1, -0.05) is 6.58 Å². The normalized spacial score (nSPS) is 11.9. The third-order valence-corrected chi connectivity index (χ3v) is 2.43. The van der Waals surface area contributed by atoms with E-state index in [0.29, 0.717) is 0 Å². The molecule has 78 valence electrons. The lowest BCUT2D eigenvalue weighted by Gasteiger charge is -2.21. The molecular formula is C12H15N3. The molecule has 0 aliphatic rings. The molecule has 3 nitrogen and oxygen atoms in total. The molecule has 0 aliphatic carbocycles. The first kappa shape index (κ1) is 9.90. The van der Waals surface area contributed by atoms with Gasteiger partial charge in [0.15, 0.2) is 0 Å². The SMILES string of the molecule is C=Cc1ncnc2c1ccn2C(C)(C)C. The minimum absolute atomic E-state index is 0.0363. The Kier molecular flexibility index (Phi) is 2.11. The van der Waals surface area contributed by atoms with Crippen molar-refractivity contribution in [3.63, 3.8) is 0 Å². The third-order valence-electron chi connectivity index (χ3n) is 2.43. The maximum Gasteiger partial charge on any atom is 0.144 e. The van der Waals surface area contributed by atoms with E-state index in [4.69, 9.17) is 0 Å². The van der Waals surface area contributed by atoms with Crippen molar-refractivity contribution in [2.24, 2.45) is 0 Å². The number of hydrogen-bond acceptors (Lipinski definition) is 2. The summed E-state index contributed by atoms with van der Waals surface area (Å²) in [5.74, 6) is 0. The fourth-order valence-electron chi connectivity index (χ4n) is 1.67. The van der Waals surface area contributed by atoms with Crippen molar-refractivity contribution in [1.82, 2.24) is 14.5 Å². The maximum absolute atomic E-state index is 4.32. The average molecular weight is 201 g/mol. The summed E-state index contributed by atoms with van der Waals surface area (Å²) in [5, 5.41) is 1.06. The molecule has 0 fully saturated rings. The zero-order chi connectivity index (χ0) is 11.1. The van der Waals surface area contributed by atoms with Crippen molar-refractivity contribution < 1.29 is 0 Å². The molecule has 0 aliphatic heterocycles. The molecule has 0 saturated carbocycles. The first-order chi connectivity index (χ1) is 7.04. The monoisotopic (exact) mass is 201 g/mol. The van der Waals surface area contributed by atoms with Gasteiger partial charge in [-0.05, 0) is 32.9 Å². The molecule has 2 aromatic heterocycles. The Labute approximate surface area is 89.5 Å². The maximum atomic E-state index is 4.32. The molecule has 3 heteroatoms. The Balaban J connectivity index is 2.77. The summed E-state index contributed by atoms with van der Waals surface area (Å²) in [5.41, 5.74) is 1.89. The Morgan fingerprint density at radius 1 is 1.33 bits per heavy atom. The van der Waals surface area contributed by atoms with Crippen molar-refractivity contribution in [2.45, 2.75) is 26.3 Å². The Bertz CT molecular complexity index is 503. The molecular weight excluding hydrogens is 186 g/mol. The molecule has 0 aromatic carbocycles. The van der Waals surface area contributed by atoms with Crippen LogP contribution >= 0.6 is 0 Å². The summed E-state index contributed by atoms with van der Waals surface area (Å²) in [4.78, 5) is 8.50. The van der Waals surface area contributed by atoms with Gasteiger partial charge in [-0.3, -0.25) is 0 Å². The Morgan fingerprint density at radius 2 is 2.07 bits per heavy atom. The molecule has 0 N–H and O–H groups in total. The second kappa shape index (κ2) is 3.19. The van der Waals surface area contributed by atoms with Gasteiger partial charge >= 0.3 is 0 Å². The van der Waals surface area contributed by atoms with Crippen LogP contribution in [-0.2, 0) is 5.54 Å². The van der Waals surface area contributed by atoms with Crippen molar-refractivity contribution in [3.05, 3.63) is 30.9 Å². The second-order valence-electron chi connectivity index (χ2n) is 4.56. The van der Waals surface area contributed by atoms with Gasteiger partial charge in [0.25, 0.3) is 0 Å². The molecule has 0 unspecified atom stereocenters. The fraction of sp³-hybridized carbons (Fsp3) is 0.333. The highest BCUT2D eigenvalue weighted by molar-refractivity contribution is 5.84. The van der Waals surface area contributed by atoms with Crippen LogP contribution in [-0.4, -0.2) is 14.5 Å². The van der Waals surface area contributed by atoms with E-state index in [0.717, 1.165) is 16.7 Å². The lowest BCUT2D eigenvalue weighted by Crippen LogP contribution is -2.20. The molecule has 0 spiro atoms. The fourth-order valence-corrected chi connectivity index (χ4v) is 1.67. The highest BCUT2D eigenvalue weighted by Crippen LogP contribution is 2.23. The van der Waals surface area contributed by atoms with E-state index in [9.17, 15) is 0 Å². The zero-order valence-electron chi connectivity index (χ0n) is 9.36. The highest BCUT2D eigenvalue weighted by Gasteiger charge is 2.16. The van der Waals surface area contributed by atoms with Gasteiger partial charge in [-0.25, -0.2) is 9.97 Å². The van der Waals surface area contributed by atoms with Crippen molar-refractivity contribution in [1.29, 1.82) is 0 Å². The van der Waals surface area contributed by atoms with Gasteiger partial charge in [0, 0.05) is 17.1 Å². The van der Waals surface area contributed by atoms with Crippen molar-refractivity contribution in [2.75, 3.05) is 0 Å². The van der Waals surface area contributed by atoms with Gasteiger partial charge in [0.1, 0.15) is 12.0 Å². The molecule has 0 amide bonds. The zero-order valence-corrected chi connectivity index (χ0v) is 9.36. The summed E-state index contributed by atoms with van der Waals surface area (Å²) in [6.45, 7) is 10.2. The highest BCUT2D eigenvalue weighted by atomic mass is 15.1. The second-order valence-corrected chi connectivity index (χ2v) is 4.56. The van der Waals surface area contributed by atoms with E-state index >= 15 is 0 Å². The number of hydrogen-bond donors (Lipinski definition) is 0. The summed E-state index contributed by atoms with van der Waals surface area (Å²) in [7, 11) is 0. The number of aromatic nitrogens is 3. The minimum atomic E-state index is 0.0363. The molecule has 0 bridgehead atoms. The van der Waals surface area contributed by atoms with Crippen LogP contribution in [0.1, 0.15) is 26.5 Å². The predicted octanol–water partition coefficient (Wildman–Crippen LogP) is 2.83. The summed E-state index contributed by atoms with van der Waals surface area (Å²) >= 11 is 0. The van der Waals surface area contributed by atoms with Crippen LogP contribution in [0.15, 0.2) is 25.2 Å². The summed E-state index contributed by atoms with van der Waals surface area (Å²) in [6.07, 6.45) is 5.39. The van der Waals surface area contributed by atoms with Gasteiger partial charge in [-0.15, -0.1) is 0 Å². The first-order valence-electron chi connectivity index (χ1n) is 4.99. The predicted molar refractivity (Wildman–Crippen MR) is 62.6 cm³/mol. The smallest absolute Gasteiger partial charge is 0.144 e. The largest absolute Gasteiger partial charge is 0.327 e. The standard InChI is InChI=1S/C12H15N3/c1-5-10-9-6-7-15(12(2,3)4)11(9)14-8-13-10/h5-8H,1H2,2-4H3. The quantitative estimate of drug-likeness (QED) is 0.710. The van der Waals surface area contributed by atoms with E-state index in [-0.39, 0.29) is 5.54 Å². The number of fused-ring (bicyclic) bond motifs is 1. The van der Waals surface area contributed by atoms with E-state index in [1.54, 1.807) is 12.4 Å². The van der Waals surface area contributed by atoms with Gasteiger partial charge in [0.05, 0.1) is 5.69 Å². The van der Waals surface area contributed by atoms with E-state index in [1.165, 1.54) is 0 Å². The van der Waals surface area contributed by atoms with Crippen molar-refractivity contribution >= 4 is 17.1 Å². The van der Waals surface area contributed by atoms with E-state index in [1.807, 2.05) is 12.3 Å². The number of rotatable bonds is 1. The third kappa shape index (κ3) is 1.54. The minimum Gasteiger partial charge on any atom is -0.327 e. The summed E-state index contributed by atoms with van der Waals surface area (Å²) in [6, 6.07) is 2.04. The van der Waals surface area contributed by atoms with E-state index < -0.39 is 0 Å². The van der Waals surface area contributed by atoms with Gasteiger partial charge in [0.2, 0.25) is 0 Å². The lowest BCUT2D eigenvalue weighted by atomic mass is 10.1. The van der Waals surface area contributed by atoms with Crippen LogP contribution in [0.25, 0.3) is 17.1 Å². The van der Waals surface area contributed by atoms with Crippen LogP contribution < -0.4 is 0 Å². The van der Waals surface area contributed by atoms with Gasteiger partial charge in [-0.2, -0.15) is 0 Å². The Hall–Kier alpha value is -1.64.